The normalized spacial score (nSPS) is 11.9. The van der Waals surface area contributed by atoms with Gasteiger partial charge in [-0.25, -0.2) is 0 Å². The van der Waals surface area contributed by atoms with Crippen molar-refractivity contribution in [3.63, 3.8) is 0 Å². The first kappa shape index (κ1) is 32.9. The second kappa shape index (κ2) is 13.0. The van der Waals surface area contributed by atoms with Gasteiger partial charge in [0, 0.05) is 16.9 Å². The van der Waals surface area contributed by atoms with Crippen molar-refractivity contribution in [1.29, 1.82) is 0 Å². The number of hydrogen-bond acceptors (Lipinski definition) is 1. The van der Waals surface area contributed by atoms with Crippen LogP contribution in [-0.4, -0.2) is 0 Å². The van der Waals surface area contributed by atoms with Crippen molar-refractivity contribution in [1.82, 2.24) is 0 Å². The van der Waals surface area contributed by atoms with Crippen LogP contribution in [0.2, 0.25) is 0 Å². The molecule has 55 heavy (non-hydrogen) atoms. The molecule has 0 spiro atoms. The average Bonchev–Trinajstić information content (AvgIpc) is 3.23. The zero-order chi connectivity index (χ0) is 37.1. The number of nitrogens with zero attached hydrogens (tertiary/aromatic N) is 1. The van der Waals surface area contributed by atoms with E-state index in [9.17, 15) is 0 Å². The fourth-order valence-corrected chi connectivity index (χ4v) is 8.29. The molecule has 262 valence electrons. The van der Waals surface area contributed by atoms with Gasteiger partial charge >= 0.3 is 0 Å². The highest BCUT2D eigenvalue weighted by Crippen LogP contribution is 2.51. The Bertz CT molecular complexity index is 2860. The summed E-state index contributed by atoms with van der Waals surface area (Å²) >= 11 is 0. The van der Waals surface area contributed by atoms with E-state index in [2.05, 4.69) is 220 Å². The number of anilines is 3. The smallest absolute Gasteiger partial charge is 0.0546 e. The Morgan fingerprint density at radius 2 is 0.782 bits per heavy atom. The van der Waals surface area contributed by atoms with Gasteiger partial charge in [-0.1, -0.05) is 154 Å². The lowest BCUT2D eigenvalue weighted by molar-refractivity contribution is 0.590. The highest BCUT2D eigenvalue weighted by Gasteiger charge is 2.25. The summed E-state index contributed by atoms with van der Waals surface area (Å²) in [6, 6.07) is 71.5. The van der Waals surface area contributed by atoms with Crippen LogP contribution in [0.5, 0.6) is 0 Å². The third-order valence-corrected chi connectivity index (χ3v) is 11.3. The number of rotatable bonds is 6. The van der Waals surface area contributed by atoms with E-state index in [1.54, 1.807) is 0 Å². The second-order valence-corrected chi connectivity index (χ2v) is 15.9. The summed E-state index contributed by atoms with van der Waals surface area (Å²) in [6.07, 6.45) is 0. The molecular weight excluding hydrogens is 663 g/mol. The minimum absolute atomic E-state index is 0.144. The SMILES string of the molecule is CC(C)(C)c1ccc(-c2ccc3cc4c(cc3c2)-c2cc3ccc(N(c5ccccc5)c5cc(-c6ccccc6)ccc5-c5ccccc5)cc3cc2-4)cc1. The zero-order valence-corrected chi connectivity index (χ0v) is 31.4. The lowest BCUT2D eigenvalue weighted by Crippen LogP contribution is -2.11. The van der Waals surface area contributed by atoms with Gasteiger partial charge in [0.15, 0.2) is 0 Å². The van der Waals surface area contributed by atoms with Crippen LogP contribution in [0.3, 0.4) is 0 Å². The Balaban J connectivity index is 1.06. The van der Waals surface area contributed by atoms with E-state index in [0.29, 0.717) is 0 Å². The van der Waals surface area contributed by atoms with Crippen molar-refractivity contribution in [2.75, 3.05) is 4.90 Å². The maximum Gasteiger partial charge on any atom is 0.0546 e. The van der Waals surface area contributed by atoms with E-state index in [0.717, 1.165) is 17.1 Å². The Hall–Kier alpha value is -6.70. The van der Waals surface area contributed by atoms with Gasteiger partial charge in [-0.2, -0.15) is 0 Å². The zero-order valence-electron chi connectivity index (χ0n) is 31.4. The van der Waals surface area contributed by atoms with Gasteiger partial charge in [0.1, 0.15) is 0 Å². The predicted molar refractivity (Wildman–Crippen MR) is 236 cm³/mol. The molecule has 1 nitrogen and oxygen atoms in total. The summed E-state index contributed by atoms with van der Waals surface area (Å²) in [5, 5.41) is 5.03. The van der Waals surface area contributed by atoms with Gasteiger partial charge in [-0.3, -0.25) is 0 Å². The molecule has 9 aromatic rings. The largest absolute Gasteiger partial charge is 0.310 e. The monoisotopic (exact) mass is 703 g/mol. The third-order valence-electron chi connectivity index (χ3n) is 11.3. The van der Waals surface area contributed by atoms with Crippen molar-refractivity contribution in [3.8, 4) is 55.6 Å². The summed E-state index contributed by atoms with van der Waals surface area (Å²) < 4.78 is 0. The summed E-state index contributed by atoms with van der Waals surface area (Å²) in [4.78, 5) is 2.42. The van der Waals surface area contributed by atoms with Gasteiger partial charge in [-0.05, 0) is 143 Å². The molecule has 1 aliphatic rings. The summed E-state index contributed by atoms with van der Waals surface area (Å²) in [7, 11) is 0. The highest BCUT2D eigenvalue weighted by molar-refractivity contribution is 6.12. The number of fused-ring (bicyclic) bond motifs is 6. The molecule has 0 bridgehead atoms. The van der Waals surface area contributed by atoms with Crippen LogP contribution in [-0.2, 0) is 5.41 Å². The van der Waals surface area contributed by atoms with Gasteiger partial charge < -0.3 is 4.90 Å². The van der Waals surface area contributed by atoms with Crippen LogP contribution in [0.4, 0.5) is 17.1 Å². The van der Waals surface area contributed by atoms with E-state index >= 15 is 0 Å². The summed E-state index contributed by atoms with van der Waals surface area (Å²) in [5.74, 6) is 0. The van der Waals surface area contributed by atoms with E-state index in [-0.39, 0.29) is 5.41 Å². The molecule has 1 heteroatoms. The van der Waals surface area contributed by atoms with Crippen LogP contribution in [0, 0.1) is 0 Å². The van der Waals surface area contributed by atoms with Crippen LogP contribution >= 0.6 is 0 Å². The molecule has 0 aromatic heterocycles. The molecule has 0 radical (unpaired) electrons. The Kier molecular flexibility index (Phi) is 7.78. The van der Waals surface area contributed by atoms with Crippen molar-refractivity contribution >= 4 is 38.6 Å². The number of para-hydroxylation sites is 1. The molecule has 9 aromatic carbocycles. The standard InChI is InChI=1S/C54H41N/c1-54(2,3)45-25-21-37(22-26-45)39-19-20-40-31-49-51(33-43(40)29-39)50-32-41-23-27-47(30-44(41)34-52(49)50)55(46-17-11-6-12-18-46)53-35-42(36-13-7-4-8-14-36)24-28-48(53)38-15-9-5-10-16-38/h4-35H,1-3H3. The van der Waals surface area contributed by atoms with E-state index < -0.39 is 0 Å². The van der Waals surface area contributed by atoms with Gasteiger partial charge in [0.25, 0.3) is 0 Å². The molecule has 0 aliphatic heterocycles. The van der Waals surface area contributed by atoms with Crippen molar-refractivity contribution in [2.24, 2.45) is 0 Å². The Labute approximate surface area is 323 Å². The highest BCUT2D eigenvalue weighted by atomic mass is 15.1. The van der Waals surface area contributed by atoms with Gasteiger partial charge in [0.2, 0.25) is 0 Å². The lowest BCUT2D eigenvalue weighted by atomic mass is 9.77. The molecule has 1 aliphatic carbocycles. The maximum absolute atomic E-state index is 2.42. The van der Waals surface area contributed by atoms with Crippen molar-refractivity contribution in [3.05, 3.63) is 200 Å². The third kappa shape index (κ3) is 5.90. The Morgan fingerprint density at radius 3 is 1.40 bits per heavy atom. The fourth-order valence-electron chi connectivity index (χ4n) is 8.29. The molecule has 0 unspecified atom stereocenters. The van der Waals surface area contributed by atoms with Crippen LogP contribution in [0.15, 0.2) is 194 Å². The van der Waals surface area contributed by atoms with Crippen molar-refractivity contribution < 1.29 is 0 Å². The lowest BCUT2D eigenvalue weighted by Gasteiger charge is -2.29. The van der Waals surface area contributed by atoms with E-state index in [1.807, 2.05) is 0 Å². The van der Waals surface area contributed by atoms with Crippen LogP contribution in [0.25, 0.3) is 77.2 Å². The molecule has 0 amide bonds. The maximum atomic E-state index is 2.42. The molecule has 10 rings (SSSR count). The molecule has 0 fully saturated rings. The van der Waals surface area contributed by atoms with Crippen molar-refractivity contribution in [2.45, 2.75) is 26.2 Å². The van der Waals surface area contributed by atoms with Gasteiger partial charge in [-0.15, -0.1) is 0 Å². The summed E-state index contributed by atoms with van der Waals surface area (Å²) in [6.45, 7) is 6.80. The average molecular weight is 704 g/mol. The first-order valence-electron chi connectivity index (χ1n) is 19.2. The first-order valence-corrected chi connectivity index (χ1v) is 19.2. The number of benzene rings is 9. The van der Waals surface area contributed by atoms with E-state index in [4.69, 9.17) is 0 Å². The molecule has 0 atom stereocenters. The fraction of sp³-hybridized carbons (Fsp3) is 0.0741. The molecule has 0 heterocycles. The second-order valence-electron chi connectivity index (χ2n) is 15.9. The Morgan fingerprint density at radius 1 is 0.309 bits per heavy atom. The predicted octanol–water partition coefficient (Wildman–Crippen LogP) is 15.4. The number of hydrogen-bond donors (Lipinski definition) is 0. The minimum Gasteiger partial charge on any atom is -0.310 e. The topological polar surface area (TPSA) is 3.24 Å². The molecule has 0 saturated carbocycles. The van der Waals surface area contributed by atoms with Crippen LogP contribution in [0.1, 0.15) is 26.3 Å². The van der Waals surface area contributed by atoms with Gasteiger partial charge in [0.05, 0.1) is 5.69 Å². The first-order chi connectivity index (χ1) is 26.9. The quantitative estimate of drug-likeness (QED) is 0.167. The molecule has 0 saturated heterocycles. The molecule has 0 N–H and O–H groups in total. The summed E-state index contributed by atoms with van der Waals surface area (Å²) in [5.41, 5.74) is 17.5. The molecular formula is C54H41N. The van der Waals surface area contributed by atoms with E-state index in [1.165, 1.54) is 82.7 Å². The minimum atomic E-state index is 0.144. The van der Waals surface area contributed by atoms with Crippen LogP contribution < -0.4 is 4.90 Å².